The average Bonchev–Trinajstić information content (AvgIpc) is 3.50. The largest absolute Gasteiger partial charge is 0.481 e. The number of benzene rings is 1. The van der Waals surface area contributed by atoms with E-state index in [9.17, 15) is 38.7 Å². The molecule has 0 radical (unpaired) electrons. The maximum absolute atomic E-state index is 14.2. The van der Waals surface area contributed by atoms with E-state index in [4.69, 9.17) is 5.73 Å². The van der Waals surface area contributed by atoms with Gasteiger partial charge < -0.3 is 47.7 Å². The molecule has 0 unspecified atom stereocenters. The summed E-state index contributed by atoms with van der Waals surface area (Å²) in [6.07, 6.45) is 2.32. The highest BCUT2D eigenvalue weighted by Gasteiger charge is 2.36. The molecule has 10 N–H and O–H groups in total. The molecule has 0 saturated carbocycles. The van der Waals surface area contributed by atoms with Crippen molar-refractivity contribution in [2.45, 2.75) is 123 Å². The lowest BCUT2D eigenvalue weighted by atomic mass is 9.97. The smallest absolute Gasteiger partial charge is 0.305 e. The number of fused-ring (bicyclic) bond motifs is 1. The van der Waals surface area contributed by atoms with E-state index < -0.39 is 90.0 Å². The molecule has 298 valence electrons. The van der Waals surface area contributed by atoms with E-state index in [1.165, 1.54) is 0 Å². The average molecular weight is 755 g/mol. The van der Waals surface area contributed by atoms with E-state index in [2.05, 4.69) is 36.9 Å². The second-order valence-corrected chi connectivity index (χ2v) is 15.2. The number of carbonyl (C=O) groups is 7. The molecule has 0 bridgehead atoms. The maximum atomic E-state index is 14.2. The third kappa shape index (κ3) is 12.8. The summed E-state index contributed by atoms with van der Waals surface area (Å²) in [6.45, 7) is 11.1. The van der Waals surface area contributed by atoms with Crippen molar-refractivity contribution >= 4 is 52.3 Å². The van der Waals surface area contributed by atoms with Gasteiger partial charge in [0.2, 0.25) is 35.4 Å². The second kappa shape index (κ2) is 20.5. The summed E-state index contributed by atoms with van der Waals surface area (Å²) in [5.41, 5.74) is 7.22. The molecule has 0 aliphatic carbocycles. The molecule has 6 atom stereocenters. The van der Waals surface area contributed by atoms with Crippen molar-refractivity contribution < 1.29 is 38.7 Å². The summed E-state index contributed by atoms with van der Waals surface area (Å²) in [5, 5.41) is 26.6. The normalized spacial score (nSPS) is 24.0. The molecule has 16 heteroatoms. The summed E-state index contributed by atoms with van der Waals surface area (Å²) >= 11 is 0. The van der Waals surface area contributed by atoms with Crippen LogP contribution in [0.4, 0.5) is 0 Å². The lowest BCUT2D eigenvalue weighted by molar-refractivity contribution is -0.142. The number of para-hydroxylation sites is 1. The molecule has 0 spiro atoms. The number of aromatic amines is 1. The minimum absolute atomic E-state index is 0.00768. The Labute approximate surface area is 316 Å². The van der Waals surface area contributed by atoms with Gasteiger partial charge in [0.25, 0.3) is 0 Å². The highest BCUT2D eigenvalue weighted by atomic mass is 16.4. The first-order chi connectivity index (χ1) is 25.5. The van der Waals surface area contributed by atoms with E-state index in [-0.39, 0.29) is 37.5 Å². The third-order valence-corrected chi connectivity index (χ3v) is 9.25. The summed E-state index contributed by atoms with van der Waals surface area (Å²) < 4.78 is 0. The Balaban J connectivity index is 2.14. The van der Waals surface area contributed by atoms with Crippen LogP contribution in [0, 0.1) is 17.8 Å². The zero-order chi connectivity index (χ0) is 40.1. The van der Waals surface area contributed by atoms with E-state index in [0.717, 1.165) is 10.9 Å². The highest BCUT2D eigenvalue weighted by molar-refractivity contribution is 5.99. The molecule has 54 heavy (non-hydrogen) atoms. The van der Waals surface area contributed by atoms with Gasteiger partial charge in [0, 0.05) is 23.5 Å². The summed E-state index contributed by atoms with van der Waals surface area (Å²) in [6, 6.07) is -0.0867. The third-order valence-electron chi connectivity index (χ3n) is 9.25. The number of unbranched alkanes of at least 4 members (excludes halogenated alkanes) is 1. The van der Waals surface area contributed by atoms with E-state index in [1.54, 1.807) is 20.0 Å². The van der Waals surface area contributed by atoms with Crippen molar-refractivity contribution in [2.75, 3.05) is 6.54 Å². The van der Waals surface area contributed by atoms with Crippen LogP contribution in [0.25, 0.3) is 10.9 Å². The molecule has 1 aliphatic heterocycles. The summed E-state index contributed by atoms with van der Waals surface area (Å²) in [4.78, 5) is 98.4. The number of carboxylic acid groups (broad SMARTS) is 1. The fraction of sp³-hybridized carbons (Fsp3) is 0.605. The molecule has 2 aromatic rings. The predicted octanol–water partition coefficient (Wildman–Crippen LogP) is 0.985. The lowest BCUT2D eigenvalue weighted by Gasteiger charge is -2.30. The van der Waals surface area contributed by atoms with Gasteiger partial charge in [0.05, 0.1) is 6.42 Å². The van der Waals surface area contributed by atoms with Crippen LogP contribution >= 0.6 is 0 Å². The molecule has 3 rings (SSSR count). The van der Waals surface area contributed by atoms with Crippen LogP contribution in [0.5, 0.6) is 0 Å². The van der Waals surface area contributed by atoms with Crippen LogP contribution in [0.2, 0.25) is 0 Å². The van der Waals surface area contributed by atoms with Crippen LogP contribution in [0.15, 0.2) is 30.5 Å². The number of rotatable bonds is 13. The molecular formula is C38H58N8O8. The van der Waals surface area contributed by atoms with Gasteiger partial charge in [0.1, 0.15) is 36.3 Å². The Morgan fingerprint density at radius 2 is 1.17 bits per heavy atom. The minimum atomic E-state index is -1.62. The van der Waals surface area contributed by atoms with Crippen molar-refractivity contribution in [1.29, 1.82) is 0 Å². The van der Waals surface area contributed by atoms with Gasteiger partial charge in [-0.25, -0.2) is 0 Å². The Morgan fingerprint density at radius 3 is 1.74 bits per heavy atom. The van der Waals surface area contributed by atoms with Gasteiger partial charge >= 0.3 is 5.97 Å². The molecular weight excluding hydrogens is 696 g/mol. The first-order valence-electron chi connectivity index (χ1n) is 18.8. The van der Waals surface area contributed by atoms with Crippen LogP contribution in [-0.2, 0) is 40.0 Å². The van der Waals surface area contributed by atoms with Gasteiger partial charge in [-0.1, -0.05) is 59.7 Å². The number of hydrogen-bond donors (Lipinski definition) is 9. The Bertz CT molecular complexity index is 1640. The molecule has 1 aromatic carbocycles. The SMILES string of the molecule is CC(C)C[C@@H]1NC(=O)[C@H](Cc2c[nH]c3ccccc23)NC(=O)[C@@H](CCCCN)NC(=O)[C@H](CC(=O)O)NC(=O)[C@H](C(C)C)NC(=O)[C@@H](CC(C)C)NC1=O. The monoisotopic (exact) mass is 754 g/mol. The fourth-order valence-electron chi connectivity index (χ4n) is 6.42. The van der Waals surface area contributed by atoms with E-state index in [1.807, 2.05) is 52.0 Å². The molecule has 1 aromatic heterocycles. The maximum Gasteiger partial charge on any atom is 0.305 e. The van der Waals surface area contributed by atoms with Crippen molar-refractivity contribution in [1.82, 2.24) is 36.9 Å². The summed E-state index contributed by atoms with van der Waals surface area (Å²) in [5.74, 6) is -6.46. The van der Waals surface area contributed by atoms with Crippen LogP contribution in [-0.4, -0.2) is 94.3 Å². The fourth-order valence-corrected chi connectivity index (χ4v) is 6.42. The lowest BCUT2D eigenvalue weighted by Crippen LogP contribution is -2.62. The molecule has 2 heterocycles. The molecule has 1 aliphatic rings. The minimum Gasteiger partial charge on any atom is -0.481 e. The Kier molecular flexibility index (Phi) is 16.5. The van der Waals surface area contributed by atoms with Crippen LogP contribution in [0.3, 0.4) is 0 Å². The first-order valence-corrected chi connectivity index (χ1v) is 18.8. The number of aromatic nitrogens is 1. The Morgan fingerprint density at radius 1 is 0.667 bits per heavy atom. The number of amides is 6. The first kappa shape index (κ1) is 43.4. The molecule has 1 fully saturated rings. The van der Waals surface area contributed by atoms with Crippen molar-refractivity contribution in [3.8, 4) is 0 Å². The zero-order valence-electron chi connectivity index (χ0n) is 32.1. The van der Waals surface area contributed by atoms with Gasteiger partial charge in [-0.05, 0) is 68.0 Å². The number of nitrogens with one attached hydrogen (secondary N) is 7. The Hall–Kier alpha value is -4.99. The summed E-state index contributed by atoms with van der Waals surface area (Å²) in [7, 11) is 0. The number of aliphatic carboxylic acids is 1. The molecule has 1 saturated heterocycles. The number of hydrogen-bond acceptors (Lipinski definition) is 8. The van der Waals surface area contributed by atoms with Crippen molar-refractivity contribution in [3.05, 3.63) is 36.0 Å². The quantitative estimate of drug-likeness (QED) is 0.132. The van der Waals surface area contributed by atoms with Gasteiger partial charge in [0.15, 0.2) is 0 Å². The topological polar surface area (TPSA) is 254 Å². The molecule has 16 nitrogen and oxygen atoms in total. The predicted molar refractivity (Wildman–Crippen MR) is 202 cm³/mol. The molecule has 6 amide bonds. The van der Waals surface area contributed by atoms with E-state index in [0.29, 0.717) is 24.9 Å². The van der Waals surface area contributed by atoms with Gasteiger partial charge in [-0.15, -0.1) is 0 Å². The standard InChI is InChI=1S/C38H58N8O8/c1-20(2)15-27-34(50)43-28(16-21(3)4)37(53)46-32(22(5)6)38(54)45-30(18-31(47)48)36(52)41-26(13-9-10-14-39)33(49)44-29(35(51)42-27)17-23-19-40-25-12-8-7-11-24(23)25/h7-8,11-12,19-22,26-30,32,40H,9-10,13-18,39H2,1-6H3,(H,41,52)(H,42,51)(H,43,50)(H,44,49)(H,45,54)(H,46,53)(H,47,48)/t26-,27+,28-,29+,30+,32+/m1/s1. The zero-order valence-corrected chi connectivity index (χ0v) is 32.1. The van der Waals surface area contributed by atoms with Gasteiger partial charge in [-0.2, -0.15) is 0 Å². The number of carbonyl (C=O) groups excluding carboxylic acids is 6. The number of H-pyrrole nitrogens is 1. The second-order valence-electron chi connectivity index (χ2n) is 15.2. The number of carboxylic acids is 1. The van der Waals surface area contributed by atoms with E-state index >= 15 is 0 Å². The van der Waals surface area contributed by atoms with Crippen LogP contribution < -0.4 is 37.6 Å². The highest BCUT2D eigenvalue weighted by Crippen LogP contribution is 2.20. The van der Waals surface area contributed by atoms with Crippen molar-refractivity contribution in [3.63, 3.8) is 0 Å². The number of nitrogens with two attached hydrogens (primary N) is 1. The van der Waals surface area contributed by atoms with Crippen LogP contribution in [0.1, 0.15) is 85.6 Å². The van der Waals surface area contributed by atoms with Crippen molar-refractivity contribution in [2.24, 2.45) is 23.5 Å². The van der Waals surface area contributed by atoms with Gasteiger partial charge in [-0.3, -0.25) is 33.6 Å².